The van der Waals surface area contributed by atoms with Crippen molar-refractivity contribution in [2.45, 2.75) is 43.7 Å². The number of aliphatic hydroxyl groups is 1. The molecule has 2 aliphatic heterocycles. The van der Waals surface area contributed by atoms with Crippen LogP contribution in [0.25, 0.3) is 0 Å². The number of nitrogens with one attached hydrogen (secondary N) is 1. The summed E-state index contributed by atoms with van der Waals surface area (Å²) in [6.45, 7) is 1.65. The maximum atomic E-state index is 12.1. The predicted molar refractivity (Wildman–Crippen MR) is 82.9 cm³/mol. The molecule has 1 saturated heterocycles. The minimum absolute atomic E-state index is 0.0217. The van der Waals surface area contributed by atoms with Gasteiger partial charge in [0.2, 0.25) is 5.91 Å². The Hall–Kier alpha value is -2.07. The fourth-order valence-electron chi connectivity index (χ4n) is 2.60. The van der Waals surface area contributed by atoms with Crippen LogP contribution in [-0.2, 0) is 19.2 Å². The normalized spacial score (nSPS) is 24.1. The Labute approximate surface area is 141 Å². The lowest BCUT2D eigenvalue weighted by Crippen LogP contribution is -2.70. The Bertz CT molecular complexity index is 618. The first kappa shape index (κ1) is 18.3. The van der Waals surface area contributed by atoms with Crippen LogP contribution in [0.3, 0.4) is 0 Å². The fraction of sp³-hybridized carbons (Fsp3) is 0.571. The number of nitrogens with zero attached hydrogens (tertiary/aromatic N) is 1. The minimum Gasteiger partial charge on any atom is -0.479 e. The maximum Gasteiger partial charge on any atom is 0.352 e. The number of aliphatic carboxylic acids is 2. The number of amides is 2. The number of carboxylic acid groups (broad SMARTS) is 2. The number of fused-ring (bicyclic) bond motifs is 1. The number of thioether (sulfide) groups is 1. The summed E-state index contributed by atoms with van der Waals surface area (Å²) in [5.74, 6) is -2.95. The van der Waals surface area contributed by atoms with Crippen molar-refractivity contribution in [3.05, 3.63) is 11.3 Å². The number of hydrogen-bond donors (Lipinski definition) is 4. The molecule has 0 aliphatic carbocycles. The average Bonchev–Trinajstić information content (AvgIpc) is 2.51. The zero-order valence-electron chi connectivity index (χ0n) is 12.9. The molecule has 0 aromatic carbocycles. The van der Waals surface area contributed by atoms with E-state index in [1.54, 1.807) is 6.92 Å². The third-order valence-electron chi connectivity index (χ3n) is 3.84. The van der Waals surface area contributed by atoms with Gasteiger partial charge in [0.05, 0.1) is 0 Å². The highest BCUT2D eigenvalue weighted by Crippen LogP contribution is 2.40. The van der Waals surface area contributed by atoms with Gasteiger partial charge in [-0.2, -0.15) is 0 Å². The van der Waals surface area contributed by atoms with E-state index < -0.39 is 41.3 Å². The van der Waals surface area contributed by atoms with Gasteiger partial charge in [-0.1, -0.05) is 0 Å². The second kappa shape index (κ2) is 7.22. The molecule has 2 amide bonds. The van der Waals surface area contributed by atoms with Gasteiger partial charge in [-0.15, -0.1) is 11.8 Å². The molecule has 3 atom stereocenters. The summed E-state index contributed by atoms with van der Waals surface area (Å²) in [6, 6.07) is -0.783. The highest BCUT2D eigenvalue weighted by molar-refractivity contribution is 8.00. The largest absolute Gasteiger partial charge is 0.479 e. The van der Waals surface area contributed by atoms with Crippen LogP contribution in [-0.4, -0.2) is 67.2 Å². The Kier molecular flexibility index (Phi) is 5.50. The van der Waals surface area contributed by atoms with E-state index in [4.69, 9.17) is 10.2 Å². The summed E-state index contributed by atoms with van der Waals surface area (Å²) in [5, 5.41) is 29.0. The molecule has 1 unspecified atom stereocenters. The van der Waals surface area contributed by atoms with Crippen molar-refractivity contribution in [1.29, 1.82) is 0 Å². The molecule has 4 N–H and O–H groups in total. The summed E-state index contributed by atoms with van der Waals surface area (Å²) >= 11 is 1.38. The van der Waals surface area contributed by atoms with Gasteiger partial charge in [-0.05, 0) is 25.3 Å². The van der Waals surface area contributed by atoms with Gasteiger partial charge >= 0.3 is 11.9 Å². The molecule has 0 aromatic heterocycles. The van der Waals surface area contributed by atoms with Crippen LogP contribution in [0, 0.1) is 0 Å². The van der Waals surface area contributed by atoms with Gasteiger partial charge < -0.3 is 20.6 Å². The van der Waals surface area contributed by atoms with Crippen molar-refractivity contribution in [1.82, 2.24) is 10.2 Å². The molecular weight excluding hydrogens is 340 g/mol. The monoisotopic (exact) mass is 358 g/mol. The summed E-state index contributed by atoms with van der Waals surface area (Å²) < 4.78 is 0. The van der Waals surface area contributed by atoms with Gasteiger partial charge in [0.25, 0.3) is 5.91 Å². The maximum absolute atomic E-state index is 12.1. The van der Waals surface area contributed by atoms with E-state index in [0.717, 1.165) is 0 Å². The molecule has 2 rings (SSSR count). The van der Waals surface area contributed by atoms with Crippen molar-refractivity contribution in [2.24, 2.45) is 0 Å². The Morgan fingerprint density at radius 1 is 1.38 bits per heavy atom. The highest BCUT2D eigenvalue weighted by atomic mass is 32.2. The summed E-state index contributed by atoms with van der Waals surface area (Å²) in [5.41, 5.74) is 0.573. The molecule has 0 radical (unpaired) electrons. The summed E-state index contributed by atoms with van der Waals surface area (Å²) in [4.78, 5) is 46.9. The third-order valence-corrected chi connectivity index (χ3v) is 5.27. The average molecular weight is 358 g/mol. The molecule has 2 heterocycles. The SMILES string of the molecule is CC1=C(C(=O)O)N2C(=O)[C@@H](NC(=O)CCCC(O)C(=O)O)[C@H]2SC1. The highest BCUT2D eigenvalue weighted by Gasteiger charge is 2.53. The van der Waals surface area contributed by atoms with E-state index in [9.17, 15) is 24.3 Å². The third kappa shape index (κ3) is 3.54. The van der Waals surface area contributed by atoms with Gasteiger partial charge in [0.15, 0.2) is 6.10 Å². The lowest BCUT2D eigenvalue weighted by atomic mass is 10.0. The number of aliphatic hydroxyl groups excluding tert-OH is 1. The minimum atomic E-state index is -1.52. The van der Waals surface area contributed by atoms with Crippen molar-refractivity contribution in [2.75, 3.05) is 5.75 Å². The summed E-state index contributed by atoms with van der Waals surface area (Å²) in [6.07, 6.45) is -1.43. The van der Waals surface area contributed by atoms with Crippen LogP contribution in [0.5, 0.6) is 0 Å². The first-order valence-electron chi connectivity index (χ1n) is 7.32. The topological polar surface area (TPSA) is 144 Å². The number of hydrogen-bond acceptors (Lipinski definition) is 6. The van der Waals surface area contributed by atoms with Gasteiger partial charge in [0.1, 0.15) is 17.1 Å². The number of β-lactam (4-membered cyclic amide) rings is 1. The lowest BCUT2D eigenvalue weighted by molar-refractivity contribution is -0.150. The van der Waals surface area contributed by atoms with Gasteiger partial charge in [0, 0.05) is 12.2 Å². The van der Waals surface area contributed by atoms with Crippen LogP contribution in [0.15, 0.2) is 11.3 Å². The predicted octanol–water partition coefficient (Wildman–Crippen LogP) is -0.639. The second-order valence-electron chi connectivity index (χ2n) is 5.64. The smallest absolute Gasteiger partial charge is 0.352 e. The molecule has 0 spiro atoms. The number of carbonyl (C=O) groups is 4. The molecule has 0 aromatic rings. The van der Waals surface area contributed by atoms with Crippen LogP contribution < -0.4 is 5.32 Å². The Balaban J connectivity index is 1.88. The fourth-order valence-corrected chi connectivity index (χ4v) is 3.89. The van der Waals surface area contributed by atoms with Crippen molar-refractivity contribution >= 4 is 35.5 Å². The number of carboxylic acids is 2. The van der Waals surface area contributed by atoms with Gasteiger partial charge in [-0.25, -0.2) is 9.59 Å². The van der Waals surface area contributed by atoms with Crippen LogP contribution in [0.1, 0.15) is 26.2 Å². The molecular formula is C14H18N2O7S. The molecule has 1 fully saturated rings. The van der Waals surface area contributed by atoms with Crippen LogP contribution in [0.2, 0.25) is 0 Å². The molecule has 10 heteroatoms. The van der Waals surface area contributed by atoms with E-state index in [2.05, 4.69) is 5.32 Å². The van der Waals surface area contributed by atoms with Gasteiger partial charge in [-0.3, -0.25) is 14.5 Å². The second-order valence-corrected chi connectivity index (χ2v) is 6.74. The molecule has 132 valence electrons. The summed E-state index contributed by atoms with van der Waals surface area (Å²) in [7, 11) is 0. The van der Waals surface area contributed by atoms with E-state index >= 15 is 0 Å². The number of carbonyl (C=O) groups excluding carboxylic acids is 2. The zero-order chi connectivity index (χ0) is 18.0. The van der Waals surface area contributed by atoms with E-state index in [1.165, 1.54) is 16.7 Å². The first-order valence-corrected chi connectivity index (χ1v) is 8.37. The molecule has 0 saturated carbocycles. The van der Waals surface area contributed by atoms with E-state index in [0.29, 0.717) is 11.3 Å². The van der Waals surface area contributed by atoms with E-state index in [1.807, 2.05) is 0 Å². The molecule has 0 bridgehead atoms. The first-order chi connectivity index (χ1) is 11.2. The van der Waals surface area contributed by atoms with Crippen LogP contribution >= 0.6 is 11.8 Å². The molecule has 24 heavy (non-hydrogen) atoms. The quantitative estimate of drug-likeness (QED) is 0.440. The standard InChI is InChI=1S/C14H18N2O7S/c1-6-5-24-12-9(11(19)16(12)10(6)14(22)23)15-8(18)4-2-3-7(17)13(20)21/h7,9,12,17H,2-5H2,1H3,(H,15,18)(H,20,21)(H,22,23)/t7?,9-,12-/m1/s1. The van der Waals surface area contributed by atoms with Crippen LogP contribution in [0.4, 0.5) is 0 Å². The lowest BCUT2D eigenvalue weighted by Gasteiger charge is -2.49. The van der Waals surface area contributed by atoms with Crippen molar-refractivity contribution in [3.63, 3.8) is 0 Å². The van der Waals surface area contributed by atoms with Crippen molar-refractivity contribution < 1.29 is 34.5 Å². The zero-order valence-corrected chi connectivity index (χ0v) is 13.7. The Morgan fingerprint density at radius 3 is 2.62 bits per heavy atom. The molecule has 9 nitrogen and oxygen atoms in total. The molecule has 2 aliphatic rings. The van der Waals surface area contributed by atoms with Crippen molar-refractivity contribution in [3.8, 4) is 0 Å². The Morgan fingerprint density at radius 2 is 2.04 bits per heavy atom. The van der Waals surface area contributed by atoms with E-state index in [-0.39, 0.29) is 25.0 Å². The number of rotatable bonds is 7.